The van der Waals surface area contributed by atoms with E-state index >= 15 is 0 Å². The molecule has 3 N–H and O–H groups in total. The molecule has 0 aliphatic rings. The lowest BCUT2D eigenvalue weighted by Crippen LogP contribution is -2.06. The smallest absolute Gasteiger partial charge is 0.409 e. The number of rotatable bonds is 2. The standard InChI is InChI=1S/C11H8O2.C7H7NO2/c12-11(13)10-6-5-8-3-1-2-4-9(8)7-10;9-7(10)8-6-4-2-1-3-5-6/h1-7H,(H,12,13);1-5,8H,(H,9,10). The third kappa shape index (κ3) is 4.86. The van der Waals surface area contributed by atoms with Gasteiger partial charge in [0.25, 0.3) is 0 Å². The maximum atomic E-state index is 10.6. The van der Waals surface area contributed by atoms with Gasteiger partial charge in [-0.05, 0) is 35.0 Å². The van der Waals surface area contributed by atoms with Crippen molar-refractivity contribution in [3.8, 4) is 0 Å². The fraction of sp³-hybridized carbons (Fsp3) is 0. The lowest BCUT2D eigenvalue weighted by atomic mass is 10.1. The molecule has 0 saturated carbocycles. The van der Waals surface area contributed by atoms with Gasteiger partial charge in [-0.2, -0.15) is 0 Å². The van der Waals surface area contributed by atoms with Gasteiger partial charge in [-0.25, -0.2) is 9.59 Å². The highest BCUT2D eigenvalue weighted by Crippen LogP contribution is 2.15. The Labute approximate surface area is 132 Å². The van der Waals surface area contributed by atoms with Crippen LogP contribution in [0, 0.1) is 0 Å². The van der Waals surface area contributed by atoms with Crippen molar-refractivity contribution >= 4 is 28.5 Å². The van der Waals surface area contributed by atoms with Crippen LogP contribution in [0.2, 0.25) is 0 Å². The van der Waals surface area contributed by atoms with E-state index in [0.717, 1.165) is 10.8 Å². The van der Waals surface area contributed by atoms with Gasteiger partial charge >= 0.3 is 12.1 Å². The lowest BCUT2D eigenvalue weighted by Gasteiger charge is -1.98. The van der Waals surface area contributed by atoms with Crippen LogP contribution in [0.25, 0.3) is 10.8 Å². The maximum Gasteiger partial charge on any atom is 0.409 e. The molecule has 0 spiro atoms. The summed E-state index contributed by atoms with van der Waals surface area (Å²) in [5.74, 6) is -0.884. The first-order valence-corrected chi connectivity index (χ1v) is 6.83. The van der Waals surface area contributed by atoms with Crippen molar-refractivity contribution in [1.29, 1.82) is 0 Å². The highest BCUT2D eigenvalue weighted by atomic mass is 16.4. The second-order valence-electron chi connectivity index (χ2n) is 4.66. The van der Waals surface area contributed by atoms with Gasteiger partial charge in [-0.3, -0.25) is 5.32 Å². The highest BCUT2D eigenvalue weighted by Gasteiger charge is 2.01. The van der Waals surface area contributed by atoms with Crippen molar-refractivity contribution in [2.45, 2.75) is 0 Å². The molecule has 116 valence electrons. The van der Waals surface area contributed by atoms with Crippen molar-refractivity contribution in [1.82, 2.24) is 0 Å². The molecule has 0 unspecified atom stereocenters. The molecule has 0 saturated heterocycles. The number of carboxylic acids is 1. The number of carboxylic acid groups (broad SMARTS) is 2. The molecule has 0 aliphatic heterocycles. The Balaban J connectivity index is 0.000000174. The zero-order valence-electron chi connectivity index (χ0n) is 12.1. The predicted molar refractivity (Wildman–Crippen MR) is 89.0 cm³/mol. The molecule has 3 aromatic rings. The maximum absolute atomic E-state index is 10.6. The summed E-state index contributed by atoms with van der Waals surface area (Å²) < 4.78 is 0. The Kier molecular flexibility index (Phi) is 5.30. The van der Waals surface area contributed by atoms with Crippen molar-refractivity contribution in [2.24, 2.45) is 0 Å². The zero-order chi connectivity index (χ0) is 16.7. The average molecular weight is 309 g/mol. The fourth-order valence-corrected chi connectivity index (χ4v) is 1.97. The highest BCUT2D eigenvalue weighted by molar-refractivity contribution is 5.94. The van der Waals surface area contributed by atoms with Crippen molar-refractivity contribution < 1.29 is 19.8 Å². The fourth-order valence-electron chi connectivity index (χ4n) is 1.97. The third-order valence-corrected chi connectivity index (χ3v) is 3.02. The SMILES string of the molecule is O=C(O)Nc1ccccc1.O=C(O)c1ccc2ccccc2c1. The molecular formula is C18H15NO4. The molecule has 1 amide bonds. The number of benzene rings is 3. The van der Waals surface area contributed by atoms with Crippen LogP contribution in [-0.4, -0.2) is 22.3 Å². The van der Waals surface area contributed by atoms with Crippen LogP contribution in [0.1, 0.15) is 10.4 Å². The number of carbonyl (C=O) groups is 2. The molecule has 23 heavy (non-hydrogen) atoms. The summed E-state index contributed by atoms with van der Waals surface area (Å²) in [6.07, 6.45) is -1.04. The largest absolute Gasteiger partial charge is 0.478 e. The quantitative estimate of drug-likeness (QED) is 0.658. The van der Waals surface area contributed by atoms with Crippen molar-refractivity contribution in [2.75, 3.05) is 5.32 Å². The van der Waals surface area contributed by atoms with Crippen LogP contribution in [0.15, 0.2) is 72.8 Å². The Morgan fingerprint density at radius 3 is 1.96 bits per heavy atom. The summed E-state index contributed by atoms with van der Waals surface area (Å²) in [5, 5.41) is 21.2. The van der Waals surface area contributed by atoms with Crippen LogP contribution in [0.5, 0.6) is 0 Å². The predicted octanol–water partition coefficient (Wildman–Crippen LogP) is 4.31. The minimum absolute atomic E-state index is 0.332. The number of nitrogens with one attached hydrogen (secondary N) is 1. The minimum atomic E-state index is -1.04. The summed E-state index contributed by atoms with van der Waals surface area (Å²) in [5.41, 5.74) is 0.925. The second-order valence-corrected chi connectivity index (χ2v) is 4.66. The third-order valence-electron chi connectivity index (χ3n) is 3.02. The zero-order valence-corrected chi connectivity index (χ0v) is 12.1. The van der Waals surface area contributed by atoms with Gasteiger partial charge in [0.2, 0.25) is 0 Å². The first-order chi connectivity index (χ1) is 11.1. The van der Waals surface area contributed by atoms with E-state index in [1.807, 2.05) is 36.4 Å². The van der Waals surface area contributed by atoms with E-state index in [1.54, 1.807) is 36.4 Å². The summed E-state index contributed by atoms with van der Waals surface area (Å²) in [6, 6.07) is 21.5. The summed E-state index contributed by atoms with van der Waals surface area (Å²) in [6.45, 7) is 0. The van der Waals surface area contributed by atoms with Crippen molar-refractivity contribution in [3.05, 3.63) is 78.4 Å². The number of anilines is 1. The van der Waals surface area contributed by atoms with Gasteiger partial charge < -0.3 is 10.2 Å². The van der Waals surface area contributed by atoms with E-state index in [1.165, 1.54) is 0 Å². The molecule has 3 rings (SSSR count). The number of amides is 1. The van der Waals surface area contributed by atoms with Crippen LogP contribution in [-0.2, 0) is 0 Å². The average Bonchev–Trinajstić information content (AvgIpc) is 2.55. The normalized spacial score (nSPS) is 9.57. The van der Waals surface area contributed by atoms with Gasteiger partial charge in [-0.1, -0.05) is 48.5 Å². The van der Waals surface area contributed by atoms with E-state index in [4.69, 9.17) is 10.2 Å². The van der Waals surface area contributed by atoms with Gasteiger partial charge in [-0.15, -0.1) is 0 Å². The van der Waals surface area contributed by atoms with Gasteiger partial charge in [0.05, 0.1) is 5.56 Å². The van der Waals surface area contributed by atoms with Crippen LogP contribution in [0.4, 0.5) is 10.5 Å². The minimum Gasteiger partial charge on any atom is -0.478 e. The molecule has 0 bridgehead atoms. The Hall–Kier alpha value is -3.34. The summed E-state index contributed by atoms with van der Waals surface area (Å²) in [7, 11) is 0. The molecule has 0 fully saturated rings. The van der Waals surface area contributed by atoms with E-state index < -0.39 is 12.1 Å². The first-order valence-electron chi connectivity index (χ1n) is 6.83. The van der Waals surface area contributed by atoms with Gasteiger partial charge in [0.1, 0.15) is 0 Å². The number of aromatic carboxylic acids is 1. The number of fused-ring (bicyclic) bond motifs is 1. The molecule has 0 aliphatic carbocycles. The topological polar surface area (TPSA) is 86.6 Å². The first kappa shape index (κ1) is 16.0. The van der Waals surface area contributed by atoms with E-state index in [9.17, 15) is 9.59 Å². The molecule has 0 radical (unpaired) electrons. The Morgan fingerprint density at radius 2 is 1.35 bits per heavy atom. The van der Waals surface area contributed by atoms with E-state index in [2.05, 4.69) is 5.32 Å². The van der Waals surface area contributed by atoms with Crippen LogP contribution in [0.3, 0.4) is 0 Å². The molecule has 5 heteroatoms. The van der Waals surface area contributed by atoms with E-state index in [-0.39, 0.29) is 0 Å². The number of para-hydroxylation sites is 1. The summed E-state index contributed by atoms with van der Waals surface area (Å²) in [4.78, 5) is 20.7. The van der Waals surface area contributed by atoms with E-state index in [0.29, 0.717) is 11.3 Å². The Morgan fingerprint density at radius 1 is 0.739 bits per heavy atom. The second kappa shape index (κ2) is 7.61. The molecule has 5 nitrogen and oxygen atoms in total. The van der Waals surface area contributed by atoms with Crippen LogP contribution < -0.4 is 5.32 Å². The lowest BCUT2D eigenvalue weighted by molar-refractivity contribution is 0.0697. The molecule has 0 atom stereocenters. The monoisotopic (exact) mass is 309 g/mol. The van der Waals surface area contributed by atoms with Gasteiger partial charge in [0, 0.05) is 5.69 Å². The molecule has 3 aromatic carbocycles. The summed E-state index contributed by atoms with van der Waals surface area (Å²) >= 11 is 0. The van der Waals surface area contributed by atoms with Crippen LogP contribution >= 0.6 is 0 Å². The molecule has 0 heterocycles. The number of hydrogen-bond acceptors (Lipinski definition) is 2. The molecular weight excluding hydrogens is 294 g/mol. The van der Waals surface area contributed by atoms with Crippen molar-refractivity contribution in [3.63, 3.8) is 0 Å². The molecule has 0 aromatic heterocycles. The van der Waals surface area contributed by atoms with Gasteiger partial charge in [0.15, 0.2) is 0 Å². The number of hydrogen-bond donors (Lipinski definition) is 3. The Bertz CT molecular complexity index is 815.